The number of carbonyl (C=O) groups is 2. The number of allylic oxidation sites excluding steroid dienone is 1. The molecular weight excluding hydrogens is 412 g/mol. The van der Waals surface area contributed by atoms with Gasteiger partial charge in [0.15, 0.2) is 0 Å². The van der Waals surface area contributed by atoms with Gasteiger partial charge in [0.1, 0.15) is 11.8 Å². The van der Waals surface area contributed by atoms with Crippen LogP contribution in [0.2, 0.25) is 0 Å². The zero-order valence-corrected chi connectivity index (χ0v) is 19.9. The van der Waals surface area contributed by atoms with Gasteiger partial charge in [0.2, 0.25) is 11.8 Å². The summed E-state index contributed by atoms with van der Waals surface area (Å²) >= 11 is 0. The number of rotatable bonds is 11. The van der Waals surface area contributed by atoms with Crippen molar-refractivity contribution in [3.8, 4) is 5.75 Å². The Morgan fingerprint density at radius 1 is 1.00 bits per heavy atom. The first kappa shape index (κ1) is 24.6. The summed E-state index contributed by atoms with van der Waals surface area (Å²) in [7, 11) is 1.63. The minimum atomic E-state index is -0.546. The summed E-state index contributed by atoms with van der Waals surface area (Å²) in [6, 6.07) is 17.1. The molecule has 33 heavy (non-hydrogen) atoms. The van der Waals surface area contributed by atoms with E-state index in [9.17, 15) is 9.59 Å². The molecule has 0 radical (unpaired) electrons. The highest BCUT2D eigenvalue weighted by atomic mass is 16.5. The molecule has 0 unspecified atom stereocenters. The average Bonchev–Trinajstić information content (AvgIpc) is 2.87. The van der Waals surface area contributed by atoms with Gasteiger partial charge in [0.05, 0.1) is 7.11 Å². The molecule has 0 fully saturated rings. The van der Waals surface area contributed by atoms with Gasteiger partial charge >= 0.3 is 0 Å². The fraction of sp³-hybridized carbons (Fsp3) is 0.429. The van der Waals surface area contributed by atoms with Gasteiger partial charge in [-0.15, -0.1) is 0 Å². The van der Waals surface area contributed by atoms with E-state index in [-0.39, 0.29) is 11.8 Å². The Hall–Kier alpha value is -3.08. The smallest absolute Gasteiger partial charge is 0.242 e. The van der Waals surface area contributed by atoms with E-state index in [1.54, 1.807) is 12.0 Å². The predicted molar refractivity (Wildman–Crippen MR) is 132 cm³/mol. The number of methoxy groups -OCH3 is 1. The number of nitrogens with one attached hydrogen (secondary N) is 1. The van der Waals surface area contributed by atoms with Gasteiger partial charge in [-0.3, -0.25) is 9.59 Å². The minimum Gasteiger partial charge on any atom is -0.497 e. The van der Waals surface area contributed by atoms with Crippen molar-refractivity contribution in [2.45, 2.75) is 64.5 Å². The fourth-order valence-corrected chi connectivity index (χ4v) is 4.18. The SMILES string of the molecule is COc1ccc(CN(C(=O)CCc2ccccc2)[C@H](C)C(=O)NCCC2=CCCCC2)cc1. The number of hydrogen-bond acceptors (Lipinski definition) is 3. The maximum absolute atomic E-state index is 13.2. The van der Waals surface area contributed by atoms with Crippen molar-refractivity contribution in [1.29, 1.82) is 0 Å². The molecule has 1 N–H and O–H groups in total. The molecule has 1 atom stereocenters. The van der Waals surface area contributed by atoms with Crippen LogP contribution in [0, 0.1) is 0 Å². The van der Waals surface area contributed by atoms with Crippen molar-refractivity contribution >= 4 is 11.8 Å². The van der Waals surface area contributed by atoms with E-state index in [4.69, 9.17) is 4.74 Å². The highest BCUT2D eigenvalue weighted by Crippen LogP contribution is 2.20. The second-order valence-electron chi connectivity index (χ2n) is 8.68. The van der Waals surface area contributed by atoms with Gasteiger partial charge in [0.25, 0.3) is 0 Å². The Morgan fingerprint density at radius 3 is 2.42 bits per heavy atom. The summed E-state index contributed by atoms with van der Waals surface area (Å²) in [5, 5.41) is 3.05. The van der Waals surface area contributed by atoms with Gasteiger partial charge in [-0.2, -0.15) is 0 Å². The molecule has 0 aromatic heterocycles. The highest BCUT2D eigenvalue weighted by Gasteiger charge is 2.26. The van der Waals surface area contributed by atoms with Crippen molar-refractivity contribution < 1.29 is 14.3 Å². The lowest BCUT2D eigenvalue weighted by atomic mass is 9.97. The van der Waals surface area contributed by atoms with E-state index >= 15 is 0 Å². The zero-order valence-electron chi connectivity index (χ0n) is 19.9. The van der Waals surface area contributed by atoms with Crippen molar-refractivity contribution in [2.75, 3.05) is 13.7 Å². The van der Waals surface area contributed by atoms with Crippen molar-refractivity contribution in [3.63, 3.8) is 0 Å². The van der Waals surface area contributed by atoms with Crippen LogP contribution in [-0.2, 0) is 22.6 Å². The largest absolute Gasteiger partial charge is 0.497 e. The van der Waals surface area contributed by atoms with Crippen LogP contribution in [0.3, 0.4) is 0 Å². The second kappa shape index (κ2) is 12.8. The molecule has 0 bridgehead atoms. The summed E-state index contributed by atoms with van der Waals surface area (Å²) in [6.45, 7) is 2.82. The van der Waals surface area contributed by atoms with Crippen molar-refractivity contribution in [2.24, 2.45) is 0 Å². The molecule has 0 spiro atoms. The molecule has 0 saturated heterocycles. The lowest BCUT2D eigenvalue weighted by molar-refractivity contribution is -0.140. The number of aryl methyl sites for hydroxylation is 1. The fourth-order valence-electron chi connectivity index (χ4n) is 4.18. The average molecular weight is 449 g/mol. The number of hydrogen-bond donors (Lipinski definition) is 1. The number of ether oxygens (including phenoxy) is 1. The van der Waals surface area contributed by atoms with Crippen LogP contribution in [0.5, 0.6) is 5.75 Å². The molecule has 0 heterocycles. The standard InChI is InChI=1S/C28H36N2O3/c1-22(28(32)29-20-19-24-11-7-4-8-12-24)30(21-25-13-16-26(33-2)17-14-25)27(31)18-15-23-9-5-3-6-10-23/h3,5-6,9-11,13-14,16-17,22H,4,7-8,12,15,18-21H2,1-2H3,(H,29,32)/t22-/m1/s1. The Bertz CT molecular complexity index is 922. The van der Waals surface area contributed by atoms with Gasteiger partial charge in [-0.05, 0) is 68.7 Å². The lowest BCUT2D eigenvalue weighted by Gasteiger charge is -2.29. The molecule has 2 aromatic rings. The van der Waals surface area contributed by atoms with E-state index in [1.165, 1.54) is 18.4 Å². The number of carbonyl (C=O) groups excluding carboxylic acids is 2. The highest BCUT2D eigenvalue weighted by molar-refractivity contribution is 5.87. The van der Waals surface area contributed by atoms with E-state index in [1.807, 2.05) is 61.5 Å². The van der Waals surface area contributed by atoms with Crippen LogP contribution in [0.4, 0.5) is 0 Å². The third-order valence-corrected chi connectivity index (χ3v) is 6.28. The molecule has 2 amide bonds. The topological polar surface area (TPSA) is 58.6 Å². The molecular formula is C28H36N2O3. The maximum Gasteiger partial charge on any atom is 0.242 e. The van der Waals surface area contributed by atoms with Crippen molar-refractivity contribution in [3.05, 3.63) is 77.4 Å². The summed E-state index contributed by atoms with van der Waals surface area (Å²) in [5.74, 6) is 0.642. The molecule has 0 saturated carbocycles. The molecule has 5 heteroatoms. The molecule has 176 valence electrons. The zero-order chi connectivity index (χ0) is 23.5. The Labute approximate surface area is 197 Å². The summed E-state index contributed by atoms with van der Waals surface area (Å²) < 4.78 is 5.24. The Morgan fingerprint density at radius 2 is 1.76 bits per heavy atom. The number of benzene rings is 2. The minimum absolute atomic E-state index is 0.0210. The Kier molecular flexibility index (Phi) is 9.55. The summed E-state index contributed by atoms with van der Waals surface area (Å²) in [4.78, 5) is 27.9. The third kappa shape index (κ3) is 7.77. The van der Waals surface area contributed by atoms with Crippen LogP contribution in [-0.4, -0.2) is 36.4 Å². The van der Waals surface area contributed by atoms with Crippen LogP contribution in [0.15, 0.2) is 66.2 Å². The second-order valence-corrected chi connectivity index (χ2v) is 8.68. The van der Waals surface area contributed by atoms with E-state index in [2.05, 4.69) is 11.4 Å². The normalized spacial score (nSPS) is 14.2. The van der Waals surface area contributed by atoms with Crippen LogP contribution < -0.4 is 10.1 Å². The number of amides is 2. The summed E-state index contributed by atoms with van der Waals surface area (Å²) in [6.07, 6.45) is 8.99. The van der Waals surface area contributed by atoms with Crippen LogP contribution in [0.25, 0.3) is 0 Å². The quantitative estimate of drug-likeness (QED) is 0.489. The number of nitrogens with zero attached hydrogens (tertiary/aromatic N) is 1. The van der Waals surface area contributed by atoms with E-state index in [0.29, 0.717) is 25.9 Å². The molecule has 2 aromatic carbocycles. The van der Waals surface area contributed by atoms with Gasteiger partial charge in [-0.1, -0.05) is 54.1 Å². The van der Waals surface area contributed by atoms with Gasteiger partial charge < -0.3 is 15.0 Å². The third-order valence-electron chi connectivity index (χ3n) is 6.28. The van der Waals surface area contributed by atoms with E-state index in [0.717, 1.165) is 36.1 Å². The first-order chi connectivity index (χ1) is 16.1. The van der Waals surface area contributed by atoms with Gasteiger partial charge in [0, 0.05) is 19.5 Å². The first-order valence-corrected chi connectivity index (χ1v) is 12.0. The molecule has 0 aliphatic heterocycles. The van der Waals surface area contributed by atoms with Gasteiger partial charge in [-0.25, -0.2) is 0 Å². The van der Waals surface area contributed by atoms with Crippen molar-refractivity contribution in [1.82, 2.24) is 10.2 Å². The predicted octanol–water partition coefficient (Wildman–Crippen LogP) is 5.05. The van der Waals surface area contributed by atoms with Crippen LogP contribution in [0.1, 0.15) is 56.6 Å². The monoisotopic (exact) mass is 448 g/mol. The Balaban J connectivity index is 1.63. The van der Waals surface area contributed by atoms with Crippen LogP contribution >= 0.6 is 0 Å². The lowest BCUT2D eigenvalue weighted by Crippen LogP contribution is -2.47. The molecule has 3 rings (SSSR count). The maximum atomic E-state index is 13.2. The molecule has 5 nitrogen and oxygen atoms in total. The molecule has 1 aliphatic carbocycles. The summed E-state index contributed by atoms with van der Waals surface area (Å²) in [5.41, 5.74) is 3.52. The van der Waals surface area contributed by atoms with E-state index < -0.39 is 6.04 Å². The molecule has 1 aliphatic rings. The first-order valence-electron chi connectivity index (χ1n) is 12.0.